The molecule has 1 aromatic heterocycles. The summed E-state index contributed by atoms with van der Waals surface area (Å²) in [5.74, 6) is -0.781. The number of ether oxygens (including phenoxy) is 1. The largest absolute Gasteiger partial charge is 0.485 e. The molecule has 0 atom stereocenters. The molecule has 5 nitrogen and oxygen atoms in total. The van der Waals surface area contributed by atoms with E-state index in [9.17, 15) is 9.18 Å². The summed E-state index contributed by atoms with van der Waals surface area (Å²) in [6.07, 6.45) is 0.737. The fourth-order valence-electron chi connectivity index (χ4n) is 2.14. The Kier molecular flexibility index (Phi) is 5.98. The van der Waals surface area contributed by atoms with E-state index in [2.05, 4.69) is 17.0 Å². The highest BCUT2D eigenvalue weighted by atomic mass is 35.5. The van der Waals surface area contributed by atoms with E-state index in [-0.39, 0.29) is 29.8 Å². The highest BCUT2D eigenvalue weighted by molar-refractivity contribution is 6.29. The molecule has 0 aliphatic rings. The molecule has 0 aliphatic carbocycles. The number of aryl methyl sites for hydroxylation is 2. The van der Waals surface area contributed by atoms with Crippen molar-refractivity contribution >= 4 is 17.5 Å². The van der Waals surface area contributed by atoms with Crippen LogP contribution in [-0.2, 0) is 20.0 Å². The molecule has 0 radical (unpaired) electrons. The number of nitrogens with zero attached hydrogens (tertiary/aromatic N) is 2. The van der Waals surface area contributed by atoms with Gasteiger partial charge >= 0.3 is 0 Å². The molecule has 7 heteroatoms. The standard InChI is InChI=1S/C17H19ClFN3O2/c1-4-13-8-14(22(3)21-13)17(23)20-9-12-6-5-7-15(16(12)19)24-10-11(2)18/h5-8H,2,4,9-10H2,1,3H3,(H,20,23). The van der Waals surface area contributed by atoms with Crippen LogP contribution < -0.4 is 10.1 Å². The zero-order valence-electron chi connectivity index (χ0n) is 13.6. The smallest absolute Gasteiger partial charge is 0.269 e. The lowest BCUT2D eigenvalue weighted by molar-refractivity contribution is 0.0941. The maximum atomic E-state index is 14.3. The summed E-state index contributed by atoms with van der Waals surface area (Å²) in [7, 11) is 1.70. The molecular formula is C17H19ClFN3O2. The van der Waals surface area contributed by atoms with Crippen molar-refractivity contribution in [3.8, 4) is 5.75 Å². The van der Waals surface area contributed by atoms with E-state index >= 15 is 0 Å². The van der Waals surface area contributed by atoms with Gasteiger partial charge < -0.3 is 10.1 Å². The molecule has 2 rings (SSSR count). The topological polar surface area (TPSA) is 56.1 Å². The molecule has 1 amide bonds. The molecular weight excluding hydrogens is 333 g/mol. The molecule has 24 heavy (non-hydrogen) atoms. The number of rotatable bonds is 7. The predicted molar refractivity (Wildman–Crippen MR) is 90.6 cm³/mol. The van der Waals surface area contributed by atoms with E-state index in [1.165, 1.54) is 10.7 Å². The van der Waals surface area contributed by atoms with Crippen LogP contribution in [0.25, 0.3) is 0 Å². The van der Waals surface area contributed by atoms with Crippen LogP contribution in [0.2, 0.25) is 0 Å². The monoisotopic (exact) mass is 351 g/mol. The number of amides is 1. The lowest BCUT2D eigenvalue weighted by Crippen LogP contribution is -2.25. The van der Waals surface area contributed by atoms with Gasteiger partial charge in [0.2, 0.25) is 0 Å². The first-order chi connectivity index (χ1) is 11.4. The summed E-state index contributed by atoms with van der Waals surface area (Å²) in [6, 6.07) is 6.45. The van der Waals surface area contributed by atoms with Crippen molar-refractivity contribution in [3.63, 3.8) is 0 Å². The molecule has 0 saturated heterocycles. The first-order valence-electron chi connectivity index (χ1n) is 7.47. The van der Waals surface area contributed by atoms with Crippen LogP contribution in [0.5, 0.6) is 5.75 Å². The van der Waals surface area contributed by atoms with E-state index in [0.29, 0.717) is 11.3 Å². The second kappa shape index (κ2) is 7.97. The maximum Gasteiger partial charge on any atom is 0.269 e. The highest BCUT2D eigenvalue weighted by Gasteiger charge is 2.14. The van der Waals surface area contributed by atoms with Crippen molar-refractivity contribution in [2.24, 2.45) is 7.05 Å². The fraction of sp³-hybridized carbons (Fsp3) is 0.294. The minimum atomic E-state index is -0.532. The van der Waals surface area contributed by atoms with Crippen LogP contribution in [0.1, 0.15) is 28.7 Å². The molecule has 0 saturated carbocycles. The van der Waals surface area contributed by atoms with Gasteiger partial charge in [0.25, 0.3) is 5.91 Å². The van der Waals surface area contributed by atoms with Gasteiger partial charge in [-0.05, 0) is 18.6 Å². The zero-order valence-corrected chi connectivity index (χ0v) is 14.4. The summed E-state index contributed by atoms with van der Waals surface area (Å²) >= 11 is 5.61. The van der Waals surface area contributed by atoms with Gasteiger partial charge in [-0.15, -0.1) is 0 Å². The normalized spacial score (nSPS) is 10.5. The number of aromatic nitrogens is 2. The van der Waals surface area contributed by atoms with Gasteiger partial charge in [0.05, 0.1) is 5.69 Å². The second-order valence-electron chi connectivity index (χ2n) is 5.22. The van der Waals surface area contributed by atoms with Crippen LogP contribution >= 0.6 is 11.6 Å². The van der Waals surface area contributed by atoms with Crippen molar-refractivity contribution in [2.75, 3.05) is 6.61 Å². The third kappa shape index (κ3) is 4.35. The molecule has 128 valence electrons. The summed E-state index contributed by atoms with van der Waals surface area (Å²) in [5.41, 5.74) is 1.57. The number of nitrogens with one attached hydrogen (secondary N) is 1. The van der Waals surface area contributed by atoms with Crippen molar-refractivity contribution in [1.29, 1.82) is 0 Å². The molecule has 1 aromatic carbocycles. The predicted octanol–water partition coefficient (Wildman–Crippen LogP) is 3.18. The van der Waals surface area contributed by atoms with Crippen molar-refractivity contribution < 1.29 is 13.9 Å². The van der Waals surface area contributed by atoms with Crippen LogP contribution in [-0.4, -0.2) is 22.3 Å². The molecule has 0 fully saturated rings. The second-order valence-corrected chi connectivity index (χ2v) is 5.75. The van der Waals surface area contributed by atoms with Crippen molar-refractivity contribution in [2.45, 2.75) is 19.9 Å². The Balaban J connectivity index is 2.05. The van der Waals surface area contributed by atoms with E-state index in [1.54, 1.807) is 25.2 Å². The third-order valence-corrected chi connectivity index (χ3v) is 3.50. The fourth-order valence-corrected chi connectivity index (χ4v) is 2.19. The zero-order chi connectivity index (χ0) is 17.7. The summed E-state index contributed by atoms with van der Waals surface area (Å²) in [6.45, 7) is 5.50. The van der Waals surface area contributed by atoms with Gasteiger partial charge in [0.15, 0.2) is 11.6 Å². The summed E-state index contributed by atoms with van der Waals surface area (Å²) in [4.78, 5) is 12.2. The summed E-state index contributed by atoms with van der Waals surface area (Å²) < 4.78 is 21.1. The van der Waals surface area contributed by atoms with Crippen LogP contribution in [0.4, 0.5) is 4.39 Å². The molecule has 1 heterocycles. The van der Waals surface area contributed by atoms with Crippen LogP contribution in [0, 0.1) is 5.82 Å². The highest BCUT2D eigenvalue weighted by Crippen LogP contribution is 2.21. The third-order valence-electron chi connectivity index (χ3n) is 3.39. The van der Waals surface area contributed by atoms with E-state index in [1.807, 2.05) is 6.92 Å². The van der Waals surface area contributed by atoms with Gasteiger partial charge in [0, 0.05) is 24.2 Å². The lowest BCUT2D eigenvalue weighted by Gasteiger charge is -2.10. The van der Waals surface area contributed by atoms with Gasteiger partial charge in [-0.3, -0.25) is 9.48 Å². The first-order valence-corrected chi connectivity index (χ1v) is 7.84. The number of benzene rings is 1. The minimum absolute atomic E-state index is 0.0170. The Morgan fingerprint density at radius 1 is 1.50 bits per heavy atom. The average molecular weight is 352 g/mol. The van der Waals surface area contributed by atoms with Gasteiger partial charge in [-0.25, -0.2) is 4.39 Å². The molecule has 0 aliphatic heterocycles. The van der Waals surface area contributed by atoms with Gasteiger partial charge in [-0.1, -0.05) is 37.2 Å². The van der Waals surface area contributed by atoms with Crippen LogP contribution in [0.3, 0.4) is 0 Å². The number of halogens is 2. The van der Waals surface area contributed by atoms with E-state index in [0.717, 1.165) is 12.1 Å². The quantitative estimate of drug-likeness (QED) is 0.833. The maximum absolute atomic E-state index is 14.3. The number of hydrogen-bond donors (Lipinski definition) is 1. The molecule has 0 spiro atoms. The van der Waals surface area contributed by atoms with Crippen LogP contribution in [0.15, 0.2) is 35.9 Å². The Morgan fingerprint density at radius 2 is 2.25 bits per heavy atom. The molecule has 0 bridgehead atoms. The van der Waals surface area contributed by atoms with Gasteiger partial charge in [-0.2, -0.15) is 5.10 Å². The van der Waals surface area contributed by atoms with Crippen molar-refractivity contribution in [3.05, 3.63) is 58.6 Å². The average Bonchev–Trinajstić information content (AvgIpc) is 2.93. The van der Waals surface area contributed by atoms with Crippen molar-refractivity contribution in [1.82, 2.24) is 15.1 Å². The molecule has 1 N–H and O–H groups in total. The Labute approximate surface area is 145 Å². The Morgan fingerprint density at radius 3 is 2.88 bits per heavy atom. The number of carbonyl (C=O) groups is 1. The SMILES string of the molecule is C=C(Cl)COc1cccc(CNC(=O)c2cc(CC)nn2C)c1F. The Hall–Kier alpha value is -2.34. The minimum Gasteiger partial charge on any atom is -0.485 e. The Bertz CT molecular complexity index is 758. The number of hydrogen-bond acceptors (Lipinski definition) is 3. The van der Waals surface area contributed by atoms with Gasteiger partial charge in [0.1, 0.15) is 12.3 Å². The molecule has 2 aromatic rings. The van der Waals surface area contributed by atoms with E-state index < -0.39 is 5.82 Å². The molecule has 0 unspecified atom stereocenters. The number of carbonyl (C=O) groups excluding carboxylic acids is 1. The van der Waals surface area contributed by atoms with E-state index in [4.69, 9.17) is 16.3 Å². The lowest BCUT2D eigenvalue weighted by atomic mass is 10.2. The summed E-state index contributed by atoms with van der Waals surface area (Å²) in [5, 5.41) is 7.18. The first kappa shape index (κ1) is 18.0.